The van der Waals surface area contributed by atoms with Crippen LogP contribution in [0.5, 0.6) is 0 Å². The summed E-state index contributed by atoms with van der Waals surface area (Å²) in [6, 6.07) is 0. The number of hydrogen-bond acceptors (Lipinski definition) is 4. The minimum atomic E-state index is -2.74. The molecule has 0 aromatic carbocycles. The maximum atomic E-state index is 10.3. The van der Waals surface area contributed by atoms with Crippen LogP contribution in [0.25, 0.3) is 0 Å². The number of rotatable bonds is 5. The van der Waals surface area contributed by atoms with Crippen molar-refractivity contribution in [2.45, 2.75) is 18.4 Å². The topological polar surface area (TPSA) is 132 Å². The first-order valence-corrected chi connectivity index (χ1v) is 11.6. The van der Waals surface area contributed by atoms with Crippen molar-refractivity contribution in [3.63, 3.8) is 0 Å². The quantitative estimate of drug-likeness (QED) is 0.299. The number of aliphatic carboxylic acids is 3. The molecule has 0 bridgehead atoms. The first kappa shape index (κ1) is 28.8. The van der Waals surface area contributed by atoms with Crippen molar-refractivity contribution >= 4 is 75.0 Å². The molecule has 0 rings (SSSR count). The molecular formula is C6H9Au2Cl3NaO7. The van der Waals surface area contributed by atoms with Crippen LogP contribution in [0.1, 0.15) is 12.8 Å². The SMILES string of the molecule is O=C(O)CC(O)(CC(=O)O)C(=O)O.[Au].[Cl][Au]([Cl])[Cl].[NaH]. The molecule has 0 aromatic heterocycles. The van der Waals surface area contributed by atoms with Crippen LogP contribution in [0.4, 0.5) is 0 Å². The summed E-state index contributed by atoms with van der Waals surface area (Å²) in [6.45, 7) is 0. The Morgan fingerprint density at radius 2 is 1.16 bits per heavy atom. The van der Waals surface area contributed by atoms with E-state index < -0.39 is 51.5 Å². The molecule has 7 nitrogen and oxygen atoms in total. The molecule has 0 unspecified atom stereocenters. The minimum absolute atomic E-state index is 0. The standard InChI is InChI=1S/C6H8O7.2Au.3ClH.Na.H/c7-3(8)1-6(13,5(11)12)2-4(9)10;;;;;;;/h13H,1-2H2,(H,7,8)(H,9,10)(H,11,12);;;3*1H;;/q;;+3;;;;;/p-3. The van der Waals surface area contributed by atoms with Gasteiger partial charge in [0.2, 0.25) is 0 Å². The molecule has 13 heteroatoms. The van der Waals surface area contributed by atoms with E-state index in [1.54, 1.807) is 0 Å². The van der Waals surface area contributed by atoms with Gasteiger partial charge in [0.05, 0.1) is 12.8 Å². The molecule has 0 spiro atoms. The number of carbonyl (C=O) groups is 3. The molecule has 0 aromatic rings. The monoisotopic (exact) mass is 715 g/mol. The summed E-state index contributed by atoms with van der Waals surface area (Å²) in [5, 5.41) is 33.8. The van der Waals surface area contributed by atoms with Crippen molar-refractivity contribution in [3.8, 4) is 0 Å². The van der Waals surface area contributed by atoms with Crippen molar-refractivity contribution in [2.24, 2.45) is 0 Å². The van der Waals surface area contributed by atoms with Crippen LogP contribution in [0.15, 0.2) is 0 Å². The normalized spacial score (nSPS) is 9.79. The Kier molecular flexibility index (Phi) is 22.2. The van der Waals surface area contributed by atoms with Gasteiger partial charge in [-0.3, -0.25) is 9.59 Å². The van der Waals surface area contributed by atoms with E-state index in [0.717, 1.165) is 0 Å². The summed E-state index contributed by atoms with van der Waals surface area (Å²) in [6.07, 6.45) is -2.29. The zero-order valence-electron chi connectivity index (χ0n) is 8.16. The molecule has 1 radical (unpaired) electrons. The Bertz CT molecular complexity index is 286. The summed E-state index contributed by atoms with van der Waals surface area (Å²) in [5.74, 6) is -5.02. The molecule has 0 atom stereocenters. The van der Waals surface area contributed by atoms with Gasteiger partial charge < -0.3 is 20.4 Å². The summed E-state index contributed by atoms with van der Waals surface area (Å²) >= 11 is -1.79. The van der Waals surface area contributed by atoms with E-state index in [1.807, 2.05) is 0 Å². The average molecular weight is 716 g/mol. The zero-order valence-corrected chi connectivity index (χ0v) is 14.8. The van der Waals surface area contributed by atoms with Crippen LogP contribution >= 0.6 is 27.6 Å². The number of carboxylic acid groups (broad SMARTS) is 3. The van der Waals surface area contributed by atoms with Gasteiger partial charge in [0, 0.05) is 22.4 Å². The Morgan fingerprint density at radius 1 is 0.947 bits per heavy atom. The number of carboxylic acids is 3. The summed E-state index contributed by atoms with van der Waals surface area (Å²) in [5.41, 5.74) is -2.74. The molecule has 4 N–H and O–H groups in total. The summed E-state index contributed by atoms with van der Waals surface area (Å²) < 4.78 is 0. The van der Waals surface area contributed by atoms with Crippen LogP contribution in [0.2, 0.25) is 0 Å². The van der Waals surface area contributed by atoms with Crippen molar-refractivity contribution in [1.82, 2.24) is 0 Å². The first-order chi connectivity index (χ1) is 7.51. The van der Waals surface area contributed by atoms with E-state index in [2.05, 4.69) is 0 Å². The number of aliphatic hydroxyl groups is 1. The fraction of sp³-hybridized carbons (Fsp3) is 0.500. The van der Waals surface area contributed by atoms with Gasteiger partial charge in [0.15, 0.2) is 5.60 Å². The second-order valence-electron chi connectivity index (χ2n) is 2.61. The molecular weight excluding hydrogens is 707 g/mol. The Labute approximate surface area is 164 Å². The molecule has 0 saturated heterocycles. The summed E-state index contributed by atoms with van der Waals surface area (Å²) in [7, 11) is 14.9. The van der Waals surface area contributed by atoms with Crippen molar-refractivity contribution < 1.29 is 72.4 Å². The van der Waals surface area contributed by atoms with E-state index >= 15 is 0 Å². The van der Waals surface area contributed by atoms with E-state index in [-0.39, 0.29) is 51.9 Å². The summed E-state index contributed by atoms with van der Waals surface area (Å²) in [4.78, 5) is 30.5. The Morgan fingerprint density at radius 3 is 1.26 bits per heavy atom. The molecule has 0 heterocycles. The van der Waals surface area contributed by atoms with Gasteiger partial charge >= 0.3 is 90.2 Å². The van der Waals surface area contributed by atoms with Crippen molar-refractivity contribution in [1.29, 1.82) is 0 Å². The Balaban J connectivity index is -0.000000165. The van der Waals surface area contributed by atoms with Gasteiger partial charge in [-0.25, -0.2) is 4.79 Å². The third-order valence-electron chi connectivity index (χ3n) is 1.29. The van der Waals surface area contributed by atoms with Gasteiger partial charge in [0.25, 0.3) is 0 Å². The molecule has 119 valence electrons. The van der Waals surface area contributed by atoms with E-state index in [1.165, 1.54) is 0 Å². The fourth-order valence-electron chi connectivity index (χ4n) is 0.714. The molecule has 0 amide bonds. The third-order valence-corrected chi connectivity index (χ3v) is 1.29. The third kappa shape index (κ3) is 19.7. The van der Waals surface area contributed by atoms with Crippen molar-refractivity contribution in [3.05, 3.63) is 0 Å². The molecule has 19 heavy (non-hydrogen) atoms. The molecule has 0 aliphatic rings. The van der Waals surface area contributed by atoms with Crippen LogP contribution < -0.4 is 0 Å². The predicted molar refractivity (Wildman–Crippen MR) is 61.8 cm³/mol. The fourth-order valence-corrected chi connectivity index (χ4v) is 0.714. The van der Waals surface area contributed by atoms with Gasteiger partial charge in [-0.2, -0.15) is 0 Å². The van der Waals surface area contributed by atoms with Crippen LogP contribution in [0, 0.1) is 0 Å². The first-order valence-electron chi connectivity index (χ1n) is 3.51. The predicted octanol–water partition coefficient (Wildman–Crippen LogP) is 0.167. The van der Waals surface area contributed by atoms with Gasteiger partial charge in [-0.1, -0.05) is 0 Å². The molecule has 0 aliphatic heterocycles. The second kappa shape index (κ2) is 14.6. The molecule has 0 aliphatic carbocycles. The molecule has 0 fully saturated rings. The van der Waals surface area contributed by atoms with Gasteiger partial charge in [-0.15, -0.1) is 0 Å². The number of halogens is 3. The average Bonchev–Trinajstić information content (AvgIpc) is 1.98. The van der Waals surface area contributed by atoms with Crippen LogP contribution in [-0.4, -0.2) is 73.5 Å². The van der Waals surface area contributed by atoms with E-state index in [9.17, 15) is 14.4 Å². The van der Waals surface area contributed by atoms with E-state index in [0.29, 0.717) is 0 Å². The van der Waals surface area contributed by atoms with Crippen LogP contribution in [-0.2, 0) is 52.0 Å². The van der Waals surface area contributed by atoms with Gasteiger partial charge in [-0.05, 0) is 0 Å². The zero-order chi connectivity index (χ0) is 14.2. The van der Waals surface area contributed by atoms with Gasteiger partial charge in [0.1, 0.15) is 0 Å². The second-order valence-corrected chi connectivity index (χ2v) is 12.0. The maximum absolute atomic E-state index is 10.3. The van der Waals surface area contributed by atoms with Crippen molar-refractivity contribution in [2.75, 3.05) is 0 Å². The van der Waals surface area contributed by atoms with Crippen LogP contribution in [0.3, 0.4) is 0 Å². The van der Waals surface area contributed by atoms with E-state index in [4.69, 9.17) is 48.0 Å². The number of hydrogen-bond donors (Lipinski definition) is 4. The Hall–Kier alpha value is 1.72. The molecule has 0 saturated carbocycles.